The highest BCUT2D eigenvalue weighted by Crippen LogP contribution is 2.35. The molecule has 1 N–H and O–H groups in total. The zero-order valence-electron chi connectivity index (χ0n) is 13.8. The molecular weight excluding hydrogens is 294 g/mol. The lowest BCUT2D eigenvalue weighted by atomic mass is 9.88. The van der Waals surface area contributed by atoms with E-state index in [0.29, 0.717) is 13.2 Å². The Balaban J connectivity index is 2.20. The van der Waals surface area contributed by atoms with Crippen molar-refractivity contribution in [2.24, 2.45) is 5.92 Å². The van der Waals surface area contributed by atoms with Crippen LogP contribution in [0.25, 0.3) is 0 Å². The first-order valence-electron chi connectivity index (χ1n) is 8.21. The first kappa shape index (κ1) is 17.5. The molecule has 0 bridgehead atoms. The van der Waals surface area contributed by atoms with Crippen LogP contribution in [0, 0.1) is 12.8 Å². The number of benzene rings is 1. The maximum Gasteiger partial charge on any atom is 0.323 e. The summed E-state index contributed by atoms with van der Waals surface area (Å²) in [6.07, 6.45) is 2.01. The van der Waals surface area contributed by atoms with Gasteiger partial charge in [-0.2, -0.15) is 0 Å². The van der Waals surface area contributed by atoms with E-state index in [9.17, 15) is 9.59 Å². The number of nitrogens with zero attached hydrogens (tertiary/aromatic N) is 1. The average molecular weight is 319 g/mol. The van der Waals surface area contributed by atoms with Crippen molar-refractivity contribution >= 4 is 11.9 Å². The number of ether oxygens (including phenoxy) is 1. The topological polar surface area (TPSA) is 66.8 Å². The summed E-state index contributed by atoms with van der Waals surface area (Å²) >= 11 is 0. The van der Waals surface area contributed by atoms with Crippen molar-refractivity contribution in [1.82, 2.24) is 4.90 Å². The van der Waals surface area contributed by atoms with Gasteiger partial charge in [-0.05, 0) is 31.7 Å². The fourth-order valence-electron chi connectivity index (χ4n) is 3.05. The van der Waals surface area contributed by atoms with Gasteiger partial charge in [0.2, 0.25) is 5.91 Å². The summed E-state index contributed by atoms with van der Waals surface area (Å²) in [7, 11) is 0. The van der Waals surface area contributed by atoms with Crippen LogP contribution in [0.4, 0.5) is 0 Å². The van der Waals surface area contributed by atoms with E-state index >= 15 is 0 Å². The number of aliphatic carboxylic acids is 1. The quantitative estimate of drug-likeness (QED) is 0.875. The van der Waals surface area contributed by atoms with E-state index in [1.807, 2.05) is 38.1 Å². The van der Waals surface area contributed by atoms with Gasteiger partial charge < -0.3 is 14.7 Å². The van der Waals surface area contributed by atoms with E-state index in [4.69, 9.17) is 9.84 Å². The summed E-state index contributed by atoms with van der Waals surface area (Å²) in [5.41, 5.74) is 2.14. The molecule has 0 aliphatic carbocycles. The minimum atomic E-state index is -0.976. The fourth-order valence-corrected chi connectivity index (χ4v) is 3.05. The van der Waals surface area contributed by atoms with Crippen molar-refractivity contribution < 1.29 is 19.4 Å². The molecule has 1 aromatic rings. The molecule has 2 atom stereocenters. The van der Waals surface area contributed by atoms with Crippen LogP contribution in [0.1, 0.15) is 43.4 Å². The largest absolute Gasteiger partial charge is 0.480 e. The van der Waals surface area contributed by atoms with Crippen LogP contribution in [0.2, 0.25) is 0 Å². The van der Waals surface area contributed by atoms with Crippen LogP contribution in [0.15, 0.2) is 24.3 Å². The maximum atomic E-state index is 12.9. The molecule has 0 saturated carbocycles. The predicted octanol–water partition coefficient (Wildman–Crippen LogP) is 2.79. The first-order chi connectivity index (χ1) is 11.0. The van der Waals surface area contributed by atoms with Crippen molar-refractivity contribution in [2.45, 2.75) is 39.2 Å². The third-order valence-corrected chi connectivity index (χ3v) is 4.18. The van der Waals surface area contributed by atoms with Crippen LogP contribution in [0.3, 0.4) is 0 Å². The van der Waals surface area contributed by atoms with E-state index in [-0.39, 0.29) is 24.5 Å². The van der Waals surface area contributed by atoms with Gasteiger partial charge in [0.25, 0.3) is 0 Å². The number of rotatable bonds is 6. The van der Waals surface area contributed by atoms with Crippen molar-refractivity contribution in [2.75, 3.05) is 19.7 Å². The van der Waals surface area contributed by atoms with Crippen LogP contribution >= 0.6 is 0 Å². The van der Waals surface area contributed by atoms with Gasteiger partial charge in [0.15, 0.2) is 0 Å². The van der Waals surface area contributed by atoms with Crippen molar-refractivity contribution in [3.05, 3.63) is 35.4 Å². The zero-order chi connectivity index (χ0) is 16.8. The van der Waals surface area contributed by atoms with E-state index in [1.54, 1.807) is 0 Å². The summed E-state index contributed by atoms with van der Waals surface area (Å²) in [4.78, 5) is 25.3. The molecule has 2 unspecified atom stereocenters. The third-order valence-electron chi connectivity index (χ3n) is 4.18. The number of carboxylic acid groups (broad SMARTS) is 1. The molecule has 1 aliphatic heterocycles. The van der Waals surface area contributed by atoms with Crippen LogP contribution in [-0.4, -0.2) is 41.6 Å². The van der Waals surface area contributed by atoms with Gasteiger partial charge in [0.1, 0.15) is 6.54 Å². The van der Waals surface area contributed by atoms with Crippen LogP contribution in [0.5, 0.6) is 0 Å². The van der Waals surface area contributed by atoms with E-state index in [2.05, 4.69) is 0 Å². The Kier molecular flexibility index (Phi) is 6.16. The number of hydrogen-bond donors (Lipinski definition) is 1. The molecule has 5 nitrogen and oxygen atoms in total. The SMILES string of the molecule is CCCN(CC(=O)O)C(=O)C1CCCOC1c1ccc(C)cc1. The van der Waals surface area contributed by atoms with Crippen molar-refractivity contribution in [1.29, 1.82) is 0 Å². The highest BCUT2D eigenvalue weighted by atomic mass is 16.5. The number of aryl methyl sites for hydroxylation is 1. The Bertz CT molecular complexity index is 540. The smallest absolute Gasteiger partial charge is 0.323 e. The lowest BCUT2D eigenvalue weighted by Crippen LogP contribution is -2.43. The van der Waals surface area contributed by atoms with E-state index < -0.39 is 5.97 Å². The van der Waals surface area contributed by atoms with E-state index in [0.717, 1.165) is 30.4 Å². The molecule has 1 fully saturated rings. The standard InChI is InChI=1S/C18H25NO4/c1-3-10-19(12-16(20)21)18(22)15-5-4-11-23-17(15)14-8-6-13(2)7-9-14/h6-9,15,17H,3-5,10-12H2,1-2H3,(H,20,21). The Morgan fingerprint density at radius 3 is 2.61 bits per heavy atom. The minimum absolute atomic E-state index is 0.112. The lowest BCUT2D eigenvalue weighted by Gasteiger charge is -2.34. The molecule has 0 radical (unpaired) electrons. The van der Waals surface area contributed by atoms with Gasteiger partial charge in [-0.1, -0.05) is 36.8 Å². The van der Waals surface area contributed by atoms with Crippen molar-refractivity contribution in [3.63, 3.8) is 0 Å². The van der Waals surface area contributed by atoms with Crippen molar-refractivity contribution in [3.8, 4) is 0 Å². The molecule has 1 heterocycles. The molecule has 1 aromatic carbocycles. The summed E-state index contributed by atoms with van der Waals surface area (Å²) in [6.45, 7) is 4.81. The highest BCUT2D eigenvalue weighted by Gasteiger charge is 2.35. The van der Waals surface area contributed by atoms with Gasteiger partial charge in [-0.15, -0.1) is 0 Å². The number of carbonyl (C=O) groups is 2. The van der Waals surface area contributed by atoms with Crippen LogP contribution in [-0.2, 0) is 14.3 Å². The van der Waals surface area contributed by atoms with E-state index in [1.165, 1.54) is 4.90 Å². The van der Waals surface area contributed by atoms with Crippen LogP contribution < -0.4 is 0 Å². The Hall–Kier alpha value is -1.88. The summed E-state index contributed by atoms with van der Waals surface area (Å²) in [6, 6.07) is 8.01. The molecular formula is C18H25NO4. The van der Waals surface area contributed by atoms with Gasteiger partial charge in [0, 0.05) is 13.2 Å². The minimum Gasteiger partial charge on any atom is -0.480 e. The maximum absolute atomic E-state index is 12.9. The van der Waals surface area contributed by atoms with Gasteiger partial charge in [-0.25, -0.2) is 0 Å². The van der Waals surface area contributed by atoms with Gasteiger partial charge >= 0.3 is 5.97 Å². The first-order valence-corrected chi connectivity index (χ1v) is 8.21. The molecule has 1 aliphatic rings. The van der Waals surface area contributed by atoms with Gasteiger partial charge in [-0.3, -0.25) is 9.59 Å². The number of amides is 1. The molecule has 5 heteroatoms. The summed E-state index contributed by atoms with van der Waals surface area (Å²) in [5.74, 6) is -1.40. The lowest BCUT2D eigenvalue weighted by molar-refractivity contribution is -0.152. The molecule has 23 heavy (non-hydrogen) atoms. The van der Waals surface area contributed by atoms with Gasteiger partial charge in [0.05, 0.1) is 12.0 Å². The molecule has 0 spiro atoms. The number of carboxylic acids is 1. The summed E-state index contributed by atoms with van der Waals surface area (Å²) < 4.78 is 5.88. The average Bonchev–Trinajstić information content (AvgIpc) is 2.54. The monoisotopic (exact) mass is 319 g/mol. The second kappa shape index (κ2) is 8.11. The molecule has 126 valence electrons. The normalized spacial score (nSPS) is 21.0. The highest BCUT2D eigenvalue weighted by molar-refractivity contribution is 5.83. The molecule has 2 rings (SSSR count). The fraction of sp³-hybridized carbons (Fsp3) is 0.556. The number of hydrogen-bond acceptors (Lipinski definition) is 3. The summed E-state index contributed by atoms with van der Waals surface area (Å²) in [5, 5.41) is 9.05. The Morgan fingerprint density at radius 1 is 1.30 bits per heavy atom. The Labute approximate surface area is 137 Å². The predicted molar refractivity (Wildman–Crippen MR) is 87.1 cm³/mol. The molecule has 1 amide bonds. The zero-order valence-corrected chi connectivity index (χ0v) is 13.8. The second-order valence-corrected chi connectivity index (χ2v) is 6.10. The molecule has 1 saturated heterocycles. The second-order valence-electron chi connectivity index (χ2n) is 6.10. The molecule has 0 aromatic heterocycles. The Morgan fingerprint density at radius 2 is 2.00 bits per heavy atom. The number of carbonyl (C=O) groups excluding carboxylic acids is 1. The third kappa shape index (κ3) is 4.55.